The molecular formula is C15H14BrN5O. The van der Waals surface area contributed by atoms with Gasteiger partial charge in [-0.1, -0.05) is 0 Å². The highest BCUT2D eigenvalue weighted by atomic mass is 79.9. The summed E-state index contributed by atoms with van der Waals surface area (Å²) in [7, 11) is 0. The Labute approximate surface area is 135 Å². The molecule has 4 heterocycles. The van der Waals surface area contributed by atoms with Gasteiger partial charge in [-0.15, -0.1) is 0 Å². The summed E-state index contributed by atoms with van der Waals surface area (Å²) in [6, 6.07) is 1.88. The van der Waals surface area contributed by atoms with Crippen LogP contribution in [0.5, 0.6) is 0 Å². The van der Waals surface area contributed by atoms with Gasteiger partial charge in [-0.3, -0.25) is 4.79 Å². The standard InChI is InChI=1S/C15H14BrN5O/c1-8-13-9(2-3-17-8)5-19-14(13)15(22)11-4-12-18-6-10(16)7-21(12)20-11/h4-8,17,19H,2-3H2,1H3. The molecule has 3 aromatic rings. The molecule has 0 fully saturated rings. The average Bonchev–Trinajstić information content (AvgIpc) is 3.10. The lowest BCUT2D eigenvalue weighted by atomic mass is 9.95. The van der Waals surface area contributed by atoms with E-state index in [0.29, 0.717) is 17.0 Å². The maximum Gasteiger partial charge on any atom is 0.229 e. The third kappa shape index (κ3) is 2.08. The molecule has 7 heteroatoms. The molecule has 3 aromatic heterocycles. The van der Waals surface area contributed by atoms with Crippen molar-refractivity contribution in [1.82, 2.24) is 24.9 Å². The number of fused-ring (bicyclic) bond motifs is 2. The molecule has 1 atom stereocenters. The van der Waals surface area contributed by atoms with Crippen LogP contribution < -0.4 is 5.32 Å². The lowest BCUT2D eigenvalue weighted by molar-refractivity contribution is 0.102. The van der Waals surface area contributed by atoms with Crippen LogP contribution in [0.25, 0.3) is 5.65 Å². The number of nitrogens with one attached hydrogen (secondary N) is 2. The first-order valence-electron chi connectivity index (χ1n) is 7.12. The summed E-state index contributed by atoms with van der Waals surface area (Å²) in [5, 5.41) is 7.73. The van der Waals surface area contributed by atoms with Gasteiger partial charge in [0.05, 0.1) is 10.2 Å². The Morgan fingerprint density at radius 3 is 3.23 bits per heavy atom. The largest absolute Gasteiger partial charge is 0.358 e. The van der Waals surface area contributed by atoms with Crippen LogP contribution in [-0.2, 0) is 6.42 Å². The Morgan fingerprint density at radius 2 is 2.36 bits per heavy atom. The second kappa shape index (κ2) is 5.03. The summed E-state index contributed by atoms with van der Waals surface area (Å²) in [5.74, 6) is -0.0987. The molecule has 0 spiro atoms. The SMILES string of the molecule is CC1NCCc2c[nH]c(C(=O)c3cc4ncc(Br)cn4n3)c21. The Bertz CT molecular complexity index is 881. The third-order valence-electron chi connectivity index (χ3n) is 4.03. The number of halogens is 1. The lowest BCUT2D eigenvalue weighted by Gasteiger charge is -2.21. The summed E-state index contributed by atoms with van der Waals surface area (Å²) in [4.78, 5) is 20.2. The van der Waals surface area contributed by atoms with E-state index in [0.717, 1.165) is 23.0 Å². The predicted octanol–water partition coefficient (Wildman–Crippen LogP) is 2.26. The predicted molar refractivity (Wildman–Crippen MR) is 85.0 cm³/mol. The molecule has 0 saturated carbocycles. The molecule has 0 radical (unpaired) electrons. The van der Waals surface area contributed by atoms with E-state index in [4.69, 9.17) is 0 Å². The fourth-order valence-corrected chi connectivity index (χ4v) is 3.28. The van der Waals surface area contributed by atoms with Crippen molar-refractivity contribution in [2.75, 3.05) is 6.54 Å². The van der Waals surface area contributed by atoms with Gasteiger partial charge in [0, 0.05) is 36.3 Å². The van der Waals surface area contributed by atoms with Gasteiger partial charge in [-0.2, -0.15) is 5.10 Å². The van der Waals surface area contributed by atoms with Crippen molar-refractivity contribution in [2.24, 2.45) is 0 Å². The maximum absolute atomic E-state index is 12.8. The summed E-state index contributed by atoms with van der Waals surface area (Å²) in [6.45, 7) is 3.01. The number of carbonyl (C=O) groups is 1. The Balaban J connectivity index is 1.79. The molecule has 1 unspecified atom stereocenters. The van der Waals surface area contributed by atoms with Gasteiger partial charge in [0.25, 0.3) is 0 Å². The zero-order valence-corrected chi connectivity index (χ0v) is 13.5. The molecule has 0 aromatic carbocycles. The van der Waals surface area contributed by atoms with Gasteiger partial charge in [0.1, 0.15) is 5.69 Å². The van der Waals surface area contributed by atoms with E-state index in [2.05, 4.69) is 43.2 Å². The highest BCUT2D eigenvalue weighted by Gasteiger charge is 2.26. The summed E-state index contributed by atoms with van der Waals surface area (Å²) >= 11 is 3.35. The van der Waals surface area contributed by atoms with Crippen LogP contribution in [0.15, 0.2) is 29.1 Å². The number of ketones is 1. The average molecular weight is 360 g/mol. The highest BCUT2D eigenvalue weighted by molar-refractivity contribution is 9.10. The lowest BCUT2D eigenvalue weighted by Crippen LogP contribution is -2.28. The molecule has 1 aliphatic heterocycles. The number of hydrogen-bond acceptors (Lipinski definition) is 4. The monoisotopic (exact) mass is 359 g/mol. The summed E-state index contributed by atoms with van der Waals surface area (Å²) in [5.41, 5.74) is 3.94. The molecule has 0 amide bonds. The quantitative estimate of drug-likeness (QED) is 0.688. The first-order valence-corrected chi connectivity index (χ1v) is 7.92. The molecule has 0 aliphatic carbocycles. The second-order valence-corrected chi connectivity index (χ2v) is 6.38. The Kier molecular flexibility index (Phi) is 3.12. The van der Waals surface area contributed by atoms with Crippen molar-refractivity contribution in [3.8, 4) is 0 Å². The minimum atomic E-state index is -0.0987. The first kappa shape index (κ1) is 13.7. The van der Waals surface area contributed by atoms with E-state index in [1.54, 1.807) is 23.0 Å². The zero-order valence-electron chi connectivity index (χ0n) is 11.9. The van der Waals surface area contributed by atoms with E-state index in [1.165, 1.54) is 5.56 Å². The minimum absolute atomic E-state index is 0.0987. The fraction of sp³-hybridized carbons (Fsp3) is 0.267. The van der Waals surface area contributed by atoms with Crippen molar-refractivity contribution in [2.45, 2.75) is 19.4 Å². The van der Waals surface area contributed by atoms with Crippen LogP contribution in [0.1, 0.15) is 40.3 Å². The van der Waals surface area contributed by atoms with Gasteiger partial charge in [0.2, 0.25) is 5.78 Å². The Hall–Kier alpha value is -1.99. The second-order valence-electron chi connectivity index (χ2n) is 5.46. The Morgan fingerprint density at radius 1 is 1.50 bits per heavy atom. The van der Waals surface area contributed by atoms with Crippen molar-refractivity contribution >= 4 is 27.4 Å². The van der Waals surface area contributed by atoms with E-state index in [1.807, 2.05) is 6.20 Å². The molecule has 1 aliphatic rings. The van der Waals surface area contributed by atoms with E-state index in [9.17, 15) is 4.79 Å². The number of rotatable bonds is 2. The number of H-pyrrole nitrogens is 1. The number of hydrogen-bond donors (Lipinski definition) is 2. The van der Waals surface area contributed by atoms with Crippen LogP contribution >= 0.6 is 15.9 Å². The molecule has 2 N–H and O–H groups in total. The topological polar surface area (TPSA) is 75.1 Å². The first-order chi connectivity index (χ1) is 10.6. The van der Waals surface area contributed by atoms with Crippen LogP contribution in [-0.4, -0.2) is 31.9 Å². The van der Waals surface area contributed by atoms with Gasteiger partial charge in [-0.05, 0) is 41.4 Å². The van der Waals surface area contributed by atoms with Crippen LogP contribution in [0.4, 0.5) is 0 Å². The summed E-state index contributed by atoms with van der Waals surface area (Å²) < 4.78 is 2.42. The van der Waals surface area contributed by atoms with Crippen molar-refractivity contribution in [1.29, 1.82) is 0 Å². The number of aromatic amines is 1. The van der Waals surface area contributed by atoms with Crippen LogP contribution in [0, 0.1) is 0 Å². The maximum atomic E-state index is 12.8. The fourth-order valence-electron chi connectivity index (χ4n) is 2.98. The summed E-state index contributed by atoms with van der Waals surface area (Å²) in [6.07, 6.45) is 6.34. The van der Waals surface area contributed by atoms with Gasteiger partial charge < -0.3 is 10.3 Å². The van der Waals surface area contributed by atoms with Gasteiger partial charge in [-0.25, -0.2) is 9.50 Å². The normalized spacial score (nSPS) is 17.6. The molecule has 0 saturated heterocycles. The zero-order chi connectivity index (χ0) is 15.3. The number of nitrogens with zero attached hydrogens (tertiary/aromatic N) is 3. The molecule has 22 heavy (non-hydrogen) atoms. The molecule has 4 rings (SSSR count). The number of carbonyl (C=O) groups excluding carboxylic acids is 1. The molecule has 112 valence electrons. The van der Waals surface area contributed by atoms with Crippen molar-refractivity contribution in [3.05, 3.63) is 51.6 Å². The molecule has 0 bridgehead atoms. The van der Waals surface area contributed by atoms with E-state index in [-0.39, 0.29) is 11.8 Å². The smallest absolute Gasteiger partial charge is 0.229 e. The van der Waals surface area contributed by atoms with Crippen molar-refractivity contribution in [3.63, 3.8) is 0 Å². The molecule has 6 nitrogen and oxygen atoms in total. The van der Waals surface area contributed by atoms with Crippen molar-refractivity contribution < 1.29 is 4.79 Å². The van der Waals surface area contributed by atoms with E-state index < -0.39 is 0 Å². The minimum Gasteiger partial charge on any atom is -0.358 e. The third-order valence-corrected chi connectivity index (χ3v) is 4.43. The van der Waals surface area contributed by atoms with E-state index >= 15 is 0 Å². The molecular weight excluding hydrogens is 346 g/mol. The van der Waals surface area contributed by atoms with Gasteiger partial charge >= 0.3 is 0 Å². The highest BCUT2D eigenvalue weighted by Crippen LogP contribution is 2.27. The van der Waals surface area contributed by atoms with Gasteiger partial charge in [0.15, 0.2) is 5.65 Å². The van der Waals surface area contributed by atoms with Crippen LogP contribution in [0.2, 0.25) is 0 Å². The van der Waals surface area contributed by atoms with Crippen LogP contribution in [0.3, 0.4) is 0 Å². The number of aromatic nitrogens is 4.